The number of benzene rings is 2. The third-order valence-electron chi connectivity index (χ3n) is 4.88. The lowest BCUT2D eigenvalue weighted by Gasteiger charge is -2.10. The van der Waals surface area contributed by atoms with Crippen molar-refractivity contribution in [2.45, 2.75) is 26.3 Å². The molecule has 4 aromatic rings. The number of nitrogens with one attached hydrogen (secondary N) is 1. The normalized spacial score (nSPS) is 11.0. The molecule has 0 saturated heterocycles. The number of hydrogen-bond acceptors (Lipinski definition) is 3. The van der Waals surface area contributed by atoms with Gasteiger partial charge in [0.1, 0.15) is 0 Å². The van der Waals surface area contributed by atoms with E-state index >= 15 is 0 Å². The molecule has 2 aromatic heterocycles. The second-order valence-electron chi connectivity index (χ2n) is 6.85. The summed E-state index contributed by atoms with van der Waals surface area (Å²) in [5, 5.41) is 11.0. The van der Waals surface area contributed by atoms with Crippen LogP contribution in [0.1, 0.15) is 32.9 Å². The SMILES string of the molecule is Cc1nn(CCCNC(=O)c2ccccc2Cc2cccs2)c2ccccc12. The van der Waals surface area contributed by atoms with Crippen molar-refractivity contribution in [1.82, 2.24) is 15.1 Å². The molecule has 1 N–H and O–H groups in total. The van der Waals surface area contributed by atoms with Crippen LogP contribution in [0.25, 0.3) is 10.9 Å². The summed E-state index contributed by atoms with van der Waals surface area (Å²) >= 11 is 1.72. The Balaban J connectivity index is 1.36. The quantitative estimate of drug-likeness (QED) is 0.461. The zero-order chi connectivity index (χ0) is 19.3. The van der Waals surface area contributed by atoms with Crippen LogP contribution >= 0.6 is 11.3 Å². The molecule has 0 bridgehead atoms. The smallest absolute Gasteiger partial charge is 0.251 e. The number of carbonyl (C=O) groups excluding carboxylic acids is 1. The molecule has 0 aliphatic heterocycles. The highest BCUT2D eigenvalue weighted by molar-refractivity contribution is 7.09. The summed E-state index contributed by atoms with van der Waals surface area (Å²) in [6.07, 6.45) is 1.63. The predicted molar refractivity (Wildman–Crippen MR) is 115 cm³/mol. The summed E-state index contributed by atoms with van der Waals surface area (Å²) in [6, 6.07) is 20.3. The average molecular weight is 390 g/mol. The lowest BCUT2D eigenvalue weighted by Crippen LogP contribution is -2.26. The molecule has 2 aromatic carbocycles. The van der Waals surface area contributed by atoms with E-state index in [0.717, 1.165) is 41.7 Å². The number of hydrogen-bond donors (Lipinski definition) is 1. The zero-order valence-electron chi connectivity index (χ0n) is 15.9. The Kier molecular flexibility index (Phi) is 5.53. The molecule has 142 valence electrons. The average Bonchev–Trinajstić information content (AvgIpc) is 3.34. The summed E-state index contributed by atoms with van der Waals surface area (Å²) in [4.78, 5) is 14.0. The van der Waals surface area contributed by atoms with Gasteiger partial charge in [-0.05, 0) is 42.5 Å². The summed E-state index contributed by atoms with van der Waals surface area (Å²) in [6.45, 7) is 3.44. The minimum Gasteiger partial charge on any atom is -0.352 e. The van der Waals surface area contributed by atoms with Gasteiger partial charge in [-0.2, -0.15) is 5.10 Å². The Morgan fingerprint density at radius 1 is 1.07 bits per heavy atom. The van der Waals surface area contributed by atoms with E-state index in [1.807, 2.05) is 54.1 Å². The number of amides is 1. The second-order valence-corrected chi connectivity index (χ2v) is 7.88. The fourth-order valence-corrected chi connectivity index (χ4v) is 4.21. The highest BCUT2D eigenvalue weighted by Gasteiger charge is 2.11. The van der Waals surface area contributed by atoms with Crippen molar-refractivity contribution < 1.29 is 4.79 Å². The topological polar surface area (TPSA) is 46.9 Å². The molecule has 4 rings (SSSR count). The van der Waals surface area contributed by atoms with Crippen molar-refractivity contribution >= 4 is 28.1 Å². The fraction of sp³-hybridized carbons (Fsp3) is 0.217. The summed E-state index contributed by atoms with van der Waals surface area (Å²) in [5.41, 5.74) is 4.02. The first-order valence-electron chi connectivity index (χ1n) is 9.53. The Labute approximate surface area is 168 Å². The van der Waals surface area contributed by atoms with Gasteiger partial charge in [-0.25, -0.2) is 0 Å². The largest absolute Gasteiger partial charge is 0.352 e. The molecule has 28 heavy (non-hydrogen) atoms. The summed E-state index contributed by atoms with van der Waals surface area (Å²) in [7, 11) is 0. The van der Waals surface area contributed by atoms with Crippen LogP contribution < -0.4 is 5.32 Å². The maximum Gasteiger partial charge on any atom is 0.251 e. The zero-order valence-corrected chi connectivity index (χ0v) is 16.7. The third-order valence-corrected chi connectivity index (χ3v) is 5.76. The number of fused-ring (bicyclic) bond motifs is 1. The lowest BCUT2D eigenvalue weighted by atomic mass is 10.0. The highest BCUT2D eigenvalue weighted by atomic mass is 32.1. The number of thiophene rings is 1. The Morgan fingerprint density at radius 2 is 1.89 bits per heavy atom. The van der Waals surface area contributed by atoms with Crippen molar-refractivity contribution in [3.05, 3.63) is 87.7 Å². The molecule has 4 nitrogen and oxygen atoms in total. The van der Waals surface area contributed by atoms with E-state index in [2.05, 4.69) is 34.0 Å². The minimum absolute atomic E-state index is 0.00587. The molecule has 0 aliphatic rings. The van der Waals surface area contributed by atoms with E-state index in [1.54, 1.807) is 11.3 Å². The molecule has 0 unspecified atom stereocenters. The van der Waals surface area contributed by atoms with Crippen LogP contribution in [0.2, 0.25) is 0 Å². The van der Waals surface area contributed by atoms with Gasteiger partial charge in [0, 0.05) is 35.3 Å². The van der Waals surface area contributed by atoms with E-state index in [0.29, 0.717) is 6.54 Å². The van der Waals surface area contributed by atoms with Gasteiger partial charge in [-0.3, -0.25) is 9.48 Å². The Morgan fingerprint density at radius 3 is 2.75 bits per heavy atom. The Bertz CT molecular complexity index is 1080. The number of aromatic nitrogens is 2. The maximum atomic E-state index is 12.7. The lowest BCUT2D eigenvalue weighted by molar-refractivity contribution is 0.0952. The van der Waals surface area contributed by atoms with Crippen molar-refractivity contribution in [1.29, 1.82) is 0 Å². The third kappa shape index (κ3) is 3.99. The molecular weight excluding hydrogens is 366 g/mol. The Hall–Kier alpha value is -2.92. The molecule has 0 aliphatic carbocycles. The van der Waals surface area contributed by atoms with Gasteiger partial charge in [0.15, 0.2) is 0 Å². The molecule has 0 radical (unpaired) electrons. The monoisotopic (exact) mass is 389 g/mol. The second kappa shape index (κ2) is 8.40. The van der Waals surface area contributed by atoms with E-state index in [-0.39, 0.29) is 5.91 Å². The number of rotatable bonds is 7. The van der Waals surface area contributed by atoms with E-state index < -0.39 is 0 Å². The number of carbonyl (C=O) groups is 1. The van der Waals surface area contributed by atoms with Gasteiger partial charge in [0.25, 0.3) is 5.91 Å². The molecule has 0 atom stereocenters. The number of nitrogens with zero attached hydrogens (tertiary/aromatic N) is 2. The van der Waals surface area contributed by atoms with Crippen LogP contribution in [-0.2, 0) is 13.0 Å². The van der Waals surface area contributed by atoms with E-state index in [1.165, 1.54) is 10.3 Å². The van der Waals surface area contributed by atoms with E-state index in [9.17, 15) is 4.79 Å². The fourth-order valence-electron chi connectivity index (χ4n) is 3.49. The molecule has 5 heteroatoms. The van der Waals surface area contributed by atoms with Crippen molar-refractivity contribution in [2.24, 2.45) is 0 Å². The number of aryl methyl sites for hydroxylation is 2. The maximum absolute atomic E-state index is 12.7. The first-order chi connectivity index (χ1) is 13.7. The van der Waals surface area contributed by atoms with Crippen molar-refractivity contribution in [2.75, 3.05) is 6.54 Å². The van der Waals surface area contributed by atoms with Crippen LogP contribution in [-0.4, -0.2) is 22.2 Å². The van der Waals surface area contributed by atoms with Crippen molar-refractivity contribution in [3.63, 3.8) is 0 Å². The molecule has 2 heterocycles. The first kappa shape index (κ1) is 18.4. The summed E-state index contributed by atoms with van der Waals surface area (Å²) in [5.74, 6) is -0.00587. The molecule has 1 amide bonds. The molecule has 0 spiro atoms. The van der Waals surface area contributed by atoms with Gasteiger partial charge in [0.2, 0.25) is 0 Å². The van der Waals surface area contributed by atoms with Gasteiger partial charge >= 0.3 is 0 Å². The first-order valence-corrected chi connectivity index (χ1v) is 10.4. The van der Waals surface area contributed by atoms with Crippen LogP contribution in [0, 0.1) is 6.92 Å². The van der Waals surface area contributed by atoms with Gasteiger partial charge < -0.3 is 5.32 Å². The van der Waals surface area contributed by atoms with Crippen LogP contribution in [0.3, 0.4) is 0 Å². The van der Waals surface area contributed by atoms with Crippen molar-refractivity contribution in [3.8, 4) is 0 Å². The van der Waals surface area contributed by atoms with Crippen LogP contribution in [0.5, 0.6) is 0 Å². The van der Waals surface area contributed by atoms with Gasteiger partial charge in [-0.1, -0.05) is 42.5 Å². The van der Waals surface area contributed by atoms with Crippen LogP contribution in [0.15, 0.2) is 66.0 Å². The standard InChI is InChI=1S/C23H23N3OS/c1-17-20-10-4-5-12-22(20)26(25-17)14-7-13-24-23(27)21-11-3-2-8-18(21)16-19-9-6-15-28-19/h2-6,8-12,15H,7,13-14,16H2,1H3,(H,24,27). The molecular formula is C23H23N3OS. The minimum atomic E-state index is -0.00587. The van der Waals surface area contributed by atoms with Crippen LogP contribution in [0.4, 0.5) is 0 Å². The number of para-hydroxylation sites is 1. The molecule has 0 fully saturated rings. The van der Waals surface area contributed by atoms with E-state index in [4.69, 9.17) is 0 Å². The highest BCUT2D eigenvalue weighted by Crippen LogP contribution is 2.19. The van der Waals surface area contributed by atoms with Gasteiger partial charge in [0.05, 0.1) is 11.2 Å². The molecule has 0 saturated carbocycles. The summed E-state index contributed by atoms with van der Waals surface area (Å²) < 4.78 is 2.03. The van der Waals surface area contributed by atoms with Gasteiger partial charge in [-0.15, -0.1) is 11.3 Å². The predicted octanol–water partition coefficient (Wildman–Crippen LogP) is 4.82.